The molecule has 0 saturated carbocycles. The Morgan fingerprint density at radius 2 is 1.36 bits per heavy atom. The van der Waals surface area contributed by atoms with Gasteiger partial charge in [0.2, 0.25) is 0 Å². The number of aryl methyl sites for hydroxylation is 1. The molecule has 3 aromatic rings. The van der Waals surface area contributed by atoms with Crippen molar-refractivity contribution in [3.05, 3.63) is 96.1 Å². The number of hydrogen-bond donors (Lipinski definition) is 0. The van der Waals surface area contributed by atoms with Gasteiger partial charge in [-0.15, -0.1) is 0 Å². The van der Waals surface area contributed by atoms with E-state index < -0.39 is 15.1 Å². The van der Waals surface area contributed by atoms with Gasteiger partial charge in [0.05, 0.1) is 0 Å². The zero-order chi connectivity index (χ0) is 17.7. The molecule has 3 rings (SSSR count). The van der Waals surface area contributed by atoms with Gasteiger partial charge in [0, 0.05) is 0 Å². The monoisotopic (exact) mass is 416 g/mol. The molecule has 0 aliphatic carbocycles. The summed E-state index contributed by atoms with van der Waals surface area (Å²) in [5.41, 5.74) is 1.92. The molecule has 3 aromatic carbocycles. The number of benzene rings is 3. The van der Waals surface area contributed by atoms with Crippen molar-refractivity contribution < 1.29 is 8.42 Å². The standard InChI is InChI=1S/C21H20O2SSe/c1-17-12-14-19(15-13-17)24(22,23)21(18-8-4-2-5-9-18)16-25-20-10-6-3-7-11-20/h2-15,21H,16H2,1H3. The molecule has 0 aromatic heterocycles. The van der Waals surface area contributed by atoms with Crippen molar-refractivity contribution in [2.45, 2.75) is 22.4 Å². The Labute approximate surface area is 156 Å². The van der Waals surface area contributed by atoms with E-state index in [1.165, 1.54) is 4.46 Å². The molecule has 0 heterocycles. The van der Waals surface area contributed by atoms with Gasteiger partial charge in [0.25, 0.3) is 0 Å². The van der Waals surface area contributed by atoms with E-state index in [9.17, 15) is 8.42 Å². The summed E-state index contributed by atoms with van der Waals surface area (Å²) >= 11 is 0.0968. The fourth-order valence-electron chi connectivity index (χ4n) is 2.61. The zero-order valence-corrected chi connectivity index (χ0v) is 16.5. The number of hydrogen-bond acceptors (Lipinski definition) is 2. The molecule has 4 heteroatoms. The molecule has 0 aliphatic heterocycles. The number of sulfone groups is 1. The topological polar surface area (TPSA) is 34.1 Å². The molecule has 0 aliphatic rings. The van der Waals surface area contributed by atoms with Crippen LogP contribution in [0.25, 0.3) is 0 Å². The summed E-state index contributed by atoms with van der Waals surface area (Å²) in [5, 5.41) is 0.105. The second-order valence-corrected chi connectivity index (χ2v) is 10.3. The van der Waals surface area contributed by atoms with Crippen molar-refractivity contribution in [2.24, 2.45) is 0 Å². The fourth-order valence-corrected chi connectivity index (χ4v) is 7.49. The third-order valence-electron chi connectivity index (χ3n) is 4.04. The summed E-state index contributed by atoms with van der Waals surface area (Å²) < 4.78 is 27.8. The Morgan fingerprint density at radius 3 is 1.96 bits per heavy atom. The summed E-state index contributed by atoms with van der Waals surface area (Å²) in [6.07, 6.45) is 0. The third-order valence-corrected chi connectivity index (χ3v) is 8.95. The van der Waals surface area contributed by atoms with E-state index in [-0.39, 0.29) is 15.0 Å². The maximum absolute atomic E-state index is 13.3. The normalized spacial score (nSPS) is 12.7. The molecular weight excluding hydrogens is 395 g/mol. The van der Waals surface area contributed by atoms with Crippen molar-refractivity contribution in [3.63, 3.8) is 0 Å². The van der Waals surface area contributed by atoms with Gasteiger partial charge in [-0.1, -0.05) is 0 Å². The van der Waals surface area contributed by atoms with Gasteiger partial charge in [0.1, 0.15) is 0 Å². The molecule has 0 spiro atoms. The first-order valence-electron chi connectivity index (χ1n) is 8.11. The van der Waals surface area contributed by atoms with Gasteiger partial charge in [-0.05, 0) is 0 Å². The van der Waals surface area contributed by atoms with E-state index in [4.69, 9.17) is 0 Å². The van der Waals surface area contributed by atoms with Crippen molar-refractivity contribution >= 4 is 29.3 Å². The second kappa shape index (κ2) is 8.01. The maximum atomic E-state index is 13.3. The third kappa shape index (κ3) is 4.40. The molecule has 0 saturated heterocycles. The Balaban J connectivity index is 1.94. The first-order chi connectivity index (χ1) is 12.1. The fraction of sp³-hybridized carbons (Fsp3) is 0.143. The van der Waals surface area contributed by atoms with Crippen LogP contribution in [0.15, 0.2) is 89.8 Å². The van der Waals surface area contributed by atoms with Crippen molar-refractivity contribution in [1.82, 2.24) is 0 Å². The van der Waals surface area contributed by atoms with E-state index >= 15 is 0 Å². The van der Waals surface area contributed by atoms with Crippen LogP contribution in [-0.2, 0) is 9.84 Å². The van der Waals surface area contributed by atoms with Crippen LogP contribution in [-0.4, -0.2) is 23.4 Å². The van der Waals surface area contributed by atoms with Crippen LogP contribution in [0.2, 0.25) is 5.32 Å². The average Bonchev–Trinajstić information content (AvgIpc) is 2.64. The van der Waals surface area contributed by atoms with E-state index in [2.05, 4.69) is 12.1 Å². The molecule has 0 amide bonds. The minimum atomic E-state index is -3.43. The molecule has 0 bridgehead atoms. The minimum absolute atomic E-state index is 0.0968. The molecule has 0 fully saturated rings. The van der Waals surface area contributed by atoms with Crippen molar-refractivity contribution in [2.75, 3.05) is 0 Å². The summed E-state index contributed by atoms with van der Waals surface area (Å²) in [6.45, 7) is 1.96. The summed E-state index contributed by atoms with van der Waals surface area (Å²) in [7, 11) is -3.43. The van der Waals surface area contributed by atoms with Crippen LogP contribution in [0.1, 0.15) is 16.4 Å². The van der Waals surface area contributed by atoms with Gasteiger partial charge in [-0.2, -0.15) is 0 Å². The van der Waals surface area contributed by atoms with Crippen LogP contribution in [0.3, 0.4) is 0 Å². The van der Waals surface area contributed by atoms with E-state index in [1.807, 2.05) is 67.6 Å². The van der Waals surface area contributed by atoms with Crippen LogP contribution in [0.4, 0.5) is 0 Å². The predicted octanol–water partition coefficient (Wildman–Crippen LogP) is 3.96. The Morgan fingerprint density at radius 1 is 0.800 bits per heavy atom. The summed E-state index contributed by atoms with van der Waals surface area (Å²) in [6, 6.07) is 26.8. The molecule has 0 radical (unpaired) electrons. The zero-order valence-electron chi connectivity index (χ0n) is 14.0. The quantitative estimate of drug-likeness (QED) is 0.572. The van der Waals surface area contributed by atoms with Crippen LogP contribution in [0, 0.1) is 6.92 Å². The van der Waals surface area contributed by atoms with Gasteiger partial charge >= 0.3 is 156 Å². The molecular formula is C21H20O2SSe. The predicted molar refractivity (Wildman–Crippen MR) is 104 cm³/mol. The van der Waals surface area contributed by atoms with Crippen LogP contribution in [0.5, 0.6) is 0 Å². The first-order valence-corrected chi connectivity index (χ1v) is 11.7. The Bertz CT molecular complexity index is 905. The number of rotatable bonds is 6. The molecule has 128 valence electrons. The Kier molecular flexibility index (Phi) is 5.74. The van der Waals surface area contributed by atoms with Gasteiger partial charge in [0.15, 0.2) is 0 Å². The van der Waals surface area contributed by atoms with Crippen molar-refractivity contribution in [1.29, 1.82) is 0 Å². The van der Waals surface area contributed by atoms with Crippen molar-refractivity contribution in [3.8, 4) is 0 Å². The first kappa shape index (κ1) is 17.9. The van der Waals surface area contributed by atoms with Gasteiger partial charge in [-0.3, -0.25) is 0 Å². The van der Waals surface area contributed by atoms with E-state index in [1.54, 1.807) is 12.1 Å². The molecule has 2 nitrogen and oxygen atoms in total. The van der Waals surface area contributed by atoms with Crippen LogP contribution < -0.4 is 4.46 Å². The summed E-state index contributed by atoms with van der Waals surface area (Å²) in [4.78, 5) is 0.399. The van der Waals surface area contributed by atoms with Gasteiger partial charge < -0.3 is 0 Å². The molecule has 25 heavy (non-hydrogen) atoms. The molecule has 0 N–H and O–H groups in total. The second-order valence-electron chi connectivity index (χ2n) is 5.88. The van der Waals surface area contributed by atoms with E-state index in [0.717, 1.165) is 11.1 Å². The average molecular weight is 415 g/mol. The molecule has 1 unspecified atom stereocenters. The summed E-state index contributed by atoms with van der Waals surface area (Å²) in [5.74, 6) is 0. The van der Waals surface area contributed by atoms with E-state index in [0.29, 0.717) is 10.2 Å². The van der Waals surface area contributed by atoms with Crippen LogP contribution >= 0.6 is 0 Å². The Hall–Kier alpha value is -1.87. The van der Waals surface area contributed by atoms with Gasteiger partial charge in [-0.25, -0.2) is 0 Å². The SMILES string of the molecule is Cc1ccc(S(=O)(=O)C(C[Se]c2ccccc2)c2ccccc2)cc1. The molecule has 1 atom stereocenters.